The van der Waals surface area contributed by atoms with Crippen molar-refractivity contribution in [2.75, 3.05) is 33.5 Å². The zero-order valence-electron chi connectivity index (χ0n) is 12.9. The molecule has 0 aromatic carbocycles. The Morgan fingerprint density at radius 2 is 2.10 bits per heavy atom. The number of aromatic nitrogens is 3. The lowest BCUT2D eigenvalue weighted by Gasteiger charge is -2.13. The Kier molecular flexibility index (Phi) is 8.56. The predicted octanol–water partition coefficient (Wildman–Crippen LogP) is 0.502. The zero-order valence-corrected chi connectivity index (χ0v) is 12.9. The van der Waals surface area contributed by atoms with Crippen LogP contribution in [0.5, 0.6) is 0 Å². The lowest BCUT2D eigenvalue weighted by Crippen LogP contribution is -2.29. The summed E-state index contributed by atoms with van der Waals surface area (Å²) in [6.07, 6.45) is 1.89. The van der Waals surface area contributed by atoms with Crippen LogP contribution in [-0.2, 0) is 25.5 Å². The summed E-state index contributed by atoms with van der Waals surface area (Å²) in [7, 11) is 1.63. The smallest absolute Gasteiger partial charge is 0.241 e. The average molecular weight is 300 g/mol. The minimum atomic E-state index is -0.543. The lowest BCUT2D eigenvalue weighted by molar-refractivity contribution is -0.142. The lowest BCUT2D eigenvalue weighted by atomic mass is 10.4. The molecule has 0 unspecified atom stereocenters. The number of hydrogen-bond acceptors (Lipinski definition) is 6. The van der Waals surface area contributed by atoms with Crippen LogP contribution in [-0.4, -0.2) is 54.4 Å². The van der Waals surface area contributed by atoms with Gasteiger partial charge >= 0.3 is 0 Å². The van der Waals surface area contributed by atoms with Gasteiger partial charge in [0.1, 0.15) is 12.2 Å². The molecule has 21 heavy (non-hydrogen) atoms. The summed E-state index contributed by atoms with van der Waals surface area (Å²) in [4.78, 5) is 11.7. The number of methoxy groups -OCH3 is 1. The van der Waals surface area contributed by atoms with E-state index in [4.69, 9.17) is 14.2 Å². The second kappa shape index (κ2) is 10.3. The summed E-state index contributed by atoms with van der Waals surface area (Å²) >= 11 is 0. The zero-order chi connectivity index (χ0) is 15.5. The van der Waals surface area contributed by atoms with Crippen LogP contribution in [0.15, 0.2) is 6.20 Å². The third-order valence-corrected chi connectivity index (χ3v) is 2.59. The van der Waals surface area contributed by atoms with E-state index in [0.717, 1.165) is 6.42 Å². The van der Waals surface area contributed by atoms with Gasteiger partial charge in [-0.25, -0.2) is 4.68 Å². The summed E-state index contributed by atoms with van der Waals surface area (Å²) in [6.45, 7) is 6.10. The van der Waals surface area contributed by atoms with E-state index in [1.165, 1.54) is 4.68 Å². The number of rotatable bonds is 11. The molecule has 1 heterocycles. The molecule has 0 saturated carbocycles. The molecule has 8 nitrogen and oxygen atoms in total. The van der Waals surface area contributed by atoms with E-state index in [9.17, 15) is 4.79 Å². The number of amides is 1. The highest BCUT2D eigenvalue weighted by Crippen LogP contribution is 2.15. The van der Waals surface area contributed by atoms with Crippen molar-refractivity contribution in [2.24, 2.45) is 0 Å². The monoisotopic (exact) mass is 300 g/mol. The molecule has 0 radical (unpaired) electrons. The van der Waals surface area contributed by atoms with Crippen LogP contribution in [0.4, 0.5) is 0 Å². The fraction of sp³-hybridized carbons (Fsp3) is 0.769. The highest BCUT2D eigenvalue weighted by Gasteiger charge is 2.16. The Balaban J connectivity index is 2.44. The molecule has 0 bridgehead atoms. The molecule has 1 amide bonds. The van der Waals surface area contributed by atoms with Crippen molar-refractivity contribution in [1.29, 1.82) is 0 Å². The van der Waals surface area contributed by atoms with Crippen LogP contribution in [0.25, 0.3) is 0 Å². The third kappa shape index (κ3) is 6.65. The van der Waals surface area contributed by atoms with E-state index >= 15 is 0 Å². The van der Waals surface area contributed by atoms with Gasteiger partial charge in [-0.2, -0.15) is 0 Å². The fourth-order valence-electron chi connectivity index (χ4n) is 1.67. The standard InChI is InChI=1S/C13H24N4O4/c1-4-20-13(21-5-2)11-9-17(16-15-11)10-12(18)14-7-6-8-19-3/h9,13H,4-8,10H2,1-3H3,(H,14,18). The van der Waals surface area contributed by atoms with Crippen LogP contribution in [0.3, 0.4) is 0 Å². The summed E-state index contributed by atoms with van der Waals surface area (Å²) in [6, 6.07) is 0. The number of hydrogen-bond donors (Lipinski definition) is 1. The Morgan fingerprint density at radius 3 is 2.71 bits per heavy atom. The topological polar surface area (TPSA) is 87.5 Å². The molecule has 8 heteroatoms. The highest BCUT2D eigenvalue weighted by molar-refractivity contribution is 5.75. The van der Waals surface area contributed by atoms with Gasteiger partial charge in [-0.1, -0.05) is 5.21 Å². The van der Waals surface area contributed by atoms with E-state index in [2.05, 4.69) is 15.6 Å². The van der Waals surface area contributed by atoms with Crippen LogP contribution in [0.1, 0.15) is 32.3 Å². The van der Waals surface area contributed by atoms with Crippen molar-refractivity contribution in [3.63, 3.8) is 0 Å². The van der Waals surface area contributed by atoms with Crippen LogP contribution in [0.2, 0.25) is 0 Å². The molecule has 1 N–H and O–H groups in total. The van der Waals surface area contributed by atoms with Crippen molar-refractivity contribution >= 4 is 5.91 Å². The maximum absolute atomic E-state index is 11.7. The van der Waals surface area contributed by atoms with Gasteiger partial charge in [0, 0.05) is 33.5 Å². The predicted molar refractivity (Wildman–Crippen MR) is 75.5 cm³/mol. The molecule has 0 atom stereocenters. The molecule has 0 saturated heterocycles. The summed E-state index contributed by atoms with van der Waals surface area (Å²) in [5.74, 6) is -0.119. The number of nitrogens with zero attached hydrogens (tertiary/aromatic N) is 3. The summed E-state index contributed by atoms with van der Waals surface area (Å²) < 4.78 is 17.2. The molecule has 0 fully saturated rings. The first-order chi connectivity index (χ1) is 10.2. The highest BCUT2D eigenvalue weighted by atomic mass is 16.7. The molecule has 0 spiro atoms. The Labute approximate surface area is 124 Å². The van der Waals surface area contributed by atoms with Gasteiger partial charge in [0.05, 0.1) is 6.20 Å². The number of nitrogens with one attached hydrogen (secondary N) is 1. The minimum Gasteiger partial charge on any atom is -0.385 e. The molecule has 0 aliphatic carbocycles. The molecule has 1 rings (SSSR count). The summed E-state index contributed by atoms with van der Waals surface area (Å²) in [5, 5.41) is 10.7. The molecular formula is C13H24N4O4. The van der Waals surface area contributed by atoms with E-state index < -0.39 is 6.29 Å². The van der Waals surface area contributed by atoms with Crippen LogP contribution >= 0.6 is 0 Å². The van der Waals surface area contributed by atoms with Gasteiger partial charge < -0.3 is 19.5 Å². The molecule has 1 aromatic heterocycles. The van der Waals surface area contributed by atoms with Gasteiger partial charge in [0.15, 0.2) is 0 Å². The van der Waals surface area contributed by atoms with Gasteiger partial charge in [-0.3, -0.25) is 4.79 Å². The average Bonchev–Trinajstić information content (AvgIpc) is 2.92. The van der Waals surface area contributed by atoms with Gasteiger partial charge in [-0.05, 0) is 20.3 Å². The Morgan fingerprint density at radius 1 is 1.38 bits per heavy atom. The molecule has 1 aromatic rings. The number of carbonyl (C=O) groups is 1. The van der Waals surface area contributed by atoms with E-state index in [1.54, 1.807) is 13.3 Å². The summed E-state index contributed by atoms with van der Waals surface area (Å²) in [5.41, 5.74) is 0.561. The minimum absolute atomic E-state index is 0.116. The molecular weight excluding hydrogens is 276 g/mol. The van der Waals surface area contributed by atoms with Gasteiger partial charge in [0.2, 0.25) is 12.2 Å². The van der Waals surface area contributed by atoms with Crippen molar-refractivity contribution in [1.82, 2.24) is 20.3 Å². The van der Waals surface area contributed by atoms with E-state index in [0.29, 0.717) is 32.1 Å². The van der Waals surface area contributed by atoms with Crippen molar-refractivity contribution in [3.8, 4) is 0 Å². The van der Waals surface area contributed by atoms with Gasteiger partial charge in [-0.15, -0.1) is 5.10 Å². The largest absolute Gasteiger partial charge is 0.385 e. The van der Waals surface area contributed by atoms with Crippen molar-refractivity contribution in [3.05, 3.63) is 11.9 Å². The van der Waals surface area contributed by atoms with Gasteiger partial charge in [0.25, 0.3) is 0 Å². The second-order valence-corrected chi connectivity index (χ2v) is 4.28. The number of carbonyl (C=O) groups excluding carboxylic acids is 1. The Bertz CT molecular complexity index is 405. The maximum atomic E-state index is 11.7. The second-order valence-electron chi connectivity index (χ2n) is 4.28. The molecule has 0 aliphatic rings. The van der Waals surface area contributed by atoms with E-state index in [1.807, 2.05) is 13.8 Å². The number of ether oxygens (including phenoxy) is 3. The Hall–Kier alpha value is -1.51. The van der Waals surface area contributed by atoms with Crippen LogP contribution < -0.4 is 5.32 Å². The van der Waals surface area contributed by atoms with Crippen molar-refractivity contribution < 1.29 is 19.0 Å². The third-order valence-electron chi connectivity index (χ3n) is 2.59. The maximum Gasteiger partial charge on any atom is 0.241 e. The molecule has 0 aliphatic heterocycles. The quantitative estimate of drug-likeness (QED) is 0.473. The first-order valence-electron chi connectivity index (χ1n) is 7.10. The molecule has 120 valence electrons. The van der Waals surface area contributed by atoms with E-state index in [-0.39, 0.29) is 12.5 Å². The normalized spacial score (nSPS) is 11.0. The first kappa shape index (κ1) is 17.5. The van der Waals surface area contributed by atoms with Crippen LogP contribution in [0, 0.1) is 0 Å². The SMILES string of the molecule is CCOC(OCC)c1cn(CC(=O)NCCCOC)nn1. The first-order valence-corrected chi connectivity index (χ1v) is 7.10. The van der Waals surface area contributed by atoms with Crippen molar-refractivity contribution in [2.45, 2.75) is 33.1 Å². The fourth-order valence-corrected chi connectivity index (χ4v) is 1.67.